The smallest absolute Gasteiger partial charge is 0.481 e. The van der Waals surface area contributed by atoms with Gasteiger partial charge in [0.1, 0.15) is 29.3 Å². The van der Waals surface area contributed by atoms with Crippen LogP contribution in [0.1, 0.15) is 221 Å². The van der Waals surface area contributed by atoms with Crippen molar-refractivity contribution in [2.75, 3.05) is 13.1 Å². The van der Waals surface area contributed by atoms with Gasteiger partial charge in [0.25, 0.3) is 35.4 Å². The molecule has 4 fully saturated rings. The van der Waals surface area contributed by atoms with E-state index in [1.165, 1.54) is 72.8 Å². The first-order chi connectivity index (χ1) is 51.7. The molecule has 4 saturated heterocycles. The molecule has 111 heavy (non-hydrogen) atoms. The van der Waals surface area contributed by atoms with Crippen LogP contribution in [0.25, 0.3) is 0 Å². The number of rotatable bonds is 28. The number of carboxylic acids is 1. The number of halogens is 4. The summed E-state index contributed by atoms with van der Waals surface area (Å²) in [6, 6.07) is 23.4. The highest BCUT2D eigenvalue weighted by Gasteiger charge is 2.55. The standard InChI is InChI=1S/C79H95B4F4N7O17/c1-72(2)73(3,4)105-80(104-72)51-20-24-55(59(84)37-51)67(99)90-41-45-31-46(42-91-68(100)56-25-21-52(38-60(56)85)81-106-74(5,6)75(7,8)107-81)34-49(33-45)65(97)88-29-18-17-19-63(71(103)89-30-28-64(95)96)94-66(98)50-35-47(43-92-69(101)57-26-22-53(39-61(57)86)82-108-76(9,10)77(11,12)109-82)32-48(36-50)44-93-70(102)58-27-23-54(40-62(58)87)83-110-78(13,14)79(15,16)111-83/h20-27,31-40,63H,17-19,28-30,41-44H2,1-16H3,(H,88,97)(H,89,103)(H,90,99)(H,91,100)(H,92,101)(H,93,102)(H,94,98)(H,95,96)/t63-/m0/s1. The first kappa shape index (κ1) is 84.2. The van der Waals surface area contributed by atoms with Gasteiger partial charge in [-0.15, -0.1) is 0 Å². The molecule has 24 nitrogen and oxygen atoms in total. The Labute approximate surface area is 644 Å². The molecule has 4 aliphatic heterocycles. The Morgan fingerprint density at radius 2 is 0.613 bits per heavy atom. The SMILES string of the molecule is CC1(C)OB(c2ccc(C(=O)NCc3cc(CNC(=O)c4ccc(B5OC(C)(C)C(C)(C)O5)cc4F)cc(C(=O)NCCCC[C@H](NC(=O)c4cc(CNC(=O)c5ccc(B6OC(C)(C)C(C)(C)O6)cc5F)cc(CNC(=O)c5ccc(B6OC(C)(C)C(C)(C)O6)cc5F)c4)C(=O)NCCC(=O)O)c3)c(F)c2)OC1(C)C. The van der Waals surface area contributed by atoms with Crippen molar-refractivity contribution in [1.82, 2.24) is 37.2 Å². The van der Waals surface area contributed by atoms with E-state index in [-0.39, 0.29) is 103 Å². The summed E-state index contributed by atoms with van der Waals surface area (Å²) in [5.41, 5.74) is -4.38. The van der Waals surface area contributed by atoms with Crippen LogP contribution < -0.4 is 59.1 Å². The van der Waals surface area contributed by atoms with E-state index in [0.29, 0.717) is 33.0 Å². The second-order valence-corrected chi connectivity index (χ2v) is 32.3. The van der Waals surface area contributed by atoms with Gasteiger partial charge < -0.3 is 79.6 Å². The highest BCUT2D eigenvalue weighted by molar-refractivity contribution is 6.63. The summed E-state index contributed by atoms with van der Waals surface area (Å²) in [6.45, 7) is 28.2. The van der Waals surface area contributed by atoms with Gasteiger partial charge in [0.15, 0.2) is 0 Å². The van der Waals surface area contributed by atoms with Crippen molar-refractivity contribution in [3.8, 4) is 0 Å². The highest BCUT2D eigenvalue weighted by Crippen LogP contribution is 2.40. The lowest BCUT2D eigenvalue weighted by molar-refractivity contribution is -0.137. The molecule has 0 saturated carbocycles. The third-order valence-corrected chi connectivity index (χ3v) is 22.0. The maximum Gasteiger partial charge on any atom is 0.494 e. The van der Waals surface area contributed by atoms with E-state index >= 15 is 17.6 Å². The topological polar surface area (TPSA) is 315 Å². The minimum absolute atomic E-state index is 0.0133. The summed E-state index contributed by atoms with van der Waals surface area (Å²) in [7, 11) is -3.63. The molecule has 0 spiro atoms. The lowest BCUT2D eigenvalue weighted by Crippen LogP contribution is -2.47. The molecule has 6 aromatic rings. The maximum atomic E-state index is 15.9. The number of aliphatic carboxylic acids is 1. The van der Waals surface area contributed by atoms with E-state index in [1.54, 1.807) is 12.1 Å². The Hall–Kier alpha value is -9.26. The van der Waals surface area contributed by atoms with Crippen LogP contribution in [0.3, 0.4) is 0 Å². The van der Waals surface area contributed by atoms with Gasteiger partial charge in [0, 0.05) is 50.4 Å². The Kier molecular flexibility index (Phi) is 24.9. The number of benzene rings is 6. The Bertz CT molecular complexity index is 4310. The number of nitrogens with one attached hydrogen (secondary N) is 7. The molecule has 10 rings (SSSR count). The zero-order valence-electron chi connectivity index (χ0n) is 65.3. The minimum Gasteiger partial charge on any atom is -0.481 e. The fraction of sp³-hybridized carbons (Fsp3) is 0.443. The minimum atomic E-state index is -1.33. The number of hydrogen-bond acceptors (Lipinski definition) is 16. The van der Waals surface area contributed by atoms with Crippen molar-refractivity contribution in [3.63, 3.8) is 0 Å². The summed E-state index contributed by atoms with van der Waals surface area (Å²) in [6.07, 6.45) is -0.174. The predicted molar refractivity (Wildman–Crippen MR) is 409 cm³/mol. The fourth-order valence-electron chi connectivity index (χ4n) is 12.4. The van der Waals surface area contributed by atoms with Crippen LogP contribution in [-0.2, 0) is 73.0 Å². The van der Waals surface area contributed by atoms with E-state index in [1.807, 2.05) is 111 Å². The average Bonchev–Trinajstić information content (AvgIpc) is 1.63. The molecule has 0 aliphatic carbocycles. The predicted octanol–water partition coefficient (Wildman–Crippen LogP) is 7.45. The quantitative estimate of drug-likeness (QED) is 0.0134. The van der Waals surface area contributed by atoms with Crippen molar-refractivity contribution >= 4 is 97.6 Å². The molecular weight excluding hydrogens is 1440 g/mol. The summed E-state index contributed by atoms with van der Waals surface area (Å²) < 4.78 is 112. The van der Waals surface area contributed by atoms with Gasteiger partial charge >= 0.3 is 34.4 Å². The molecule has 4 heterocycles. The number of carboxylic acid groups (broad SMARTS) is 1. The molecule has 32 heteroatoms. The van der Waals surface area contributed by atoms with E-state index in [0.717, 1.165) is 24.3 Å². The van der Waals surface area contributed by atoms with Crippen LogP contribution in [0.5, 0.6) is 0 Å². The Morgan fingerprint density at radius 1 is 0.342 bits per heavy atom. The van der Waals surface area contributed by atoms with Crippen LogP contribution in [0.2, 0.25) is 0 Å². The molecule has 588 valence electrons. The van der Waals surface area contributed by atoms with Gasteiger partial charge in [-0.3, -0.25) is 38.4 Å². The van der Waals surface area contributed by atoms with Crippen LogP contribution in [0, 0.1) is 23.3 Å². The lowest BCUT2D eigenvalue weighted by Gasteiger charge is -2.32. The second kappa shape index (κ2) is 32.8. The normalized spacial score (nSPS) is 18.2. The molecule has 8 N–H and O–H groups in total. The molecule has 6 aromatic carbocycles. The van der Waals surface area contributed by atoms with E-state index < -0.39 is 156 Å². The molecule has 0 radical (unpaired) electrons. The van der Waals surface area contributed by atoms with Gasteiger partial charge in [-0.2, -0.15) is 0 Å². The molecule has 0 bridgehead atoms. The van der Waals surface area contributed by atoms with E-state index in [2.05, 4.69) is 37.2 Å². The molecule has 1 atom stereocenters. The summed E-state index contributed by atoms with van der Waals surface area (Å²) >= 11 is 0. The van der Waals surface area contributed by atoms with Crippen molar-refractivity contribution < 1.29 is 98.3 Å². The van der Waals surface area contributed by atoms with Crippen LogP contribution >= 0.6 is 0 Å². The van der Waals surface area contributed by atoms with Crippen LogP contribution in [-0.4, -0.2) is 145 Å². The van der Waals surface area contributed by atoms with E-state index in [9.17, 15) is 43.5 Å². The number of amides is 7. The van der Waals surface area contributed by atoms with Gasteiger partial charge in [0.2, 0.25) is 5.91 Å². The van der Waals surface area contributed by atoms with Crippen LogP contribution in [0.4, 0.5) is 17.6 Å². The van der Waals surface area contributed by atoms with Crippen molar-refractivity contribution in [2.24, 2.45) is 0 Å². The van der Waals surface area contributed by atoms with E-state index in [4.69, 9.17) is 37.2 Å². The van der Waals surface area contributed by atoms with Gasteiger partial charge in [-0.1, -0.05) is 36.4 Å². The molecule has 0 unspecified atom stereocenters. The van der Waals surface area contributed by atoms with Crippen molar-refractivity contribution in [1.29, 1.82) is 0 Å². The first-order valence-electron chi connectivity index (χ1n) is 36.8. The third-order valence-electron chi connectivity index (χ3n) is 22.0. The average molecular weight is 1530 g/mol. The largest absolute Gasteiger partial charge is 0.494 e. The number of unbranched alkanes of at least 4 members (excludes halogenated alkanes) is 1. The number of carbonyl (C=O) groups is 8. The summed E-state index contributed by atoms with van der Waals surface area (Å²) in [5.74, 6) is -10.1. The zero-order valence-corrected chi connectivity index (χ0v) is 65.3. The Balaban J connectivity index is 0.834. The van der Waals surface area contributed by atoms with Crippen molar-refractivity contribution in [3.05, 3.63) is 188 Å². The third kappa shape index (κ3) is 19.4. The van der Waals surface area contributed by atoms with Crippen LogP contribution in [0.15, 0.2) is 109 Å². The highest BCUT2D eigenvalue weighted by atomic mass is 19.1. The maximum absolute atomic E-state index is 15.9. The molecule has 7 amide bonds. The zero-order chi connectivity index (χ0) is 81.3. The van der Waals surface area contributed by atoms with Gasteiger partial charge in [-0.05, 0) is 247 Å². The molecular formula is C79H95B4F4N7O17. The number of hydrogen-bond donors (Lipinski definition) is 8. The second-order valence-electron chi connectivity index (χ2n) is 32.3. The fourth-order valence-corrected chi connectivity index (χ4v) is 12.4. The van der Waals surface area contributed by atoms with Gasteiger partial charge in [0.05, 0.1) is 73.5 Å². The molecule has 4 aliphatic rings. The first-order valence-corrected chi connectivity index (χ1v) is 36.8. The number of carbonyl (C=O) groups excluding carboxylic acids is 7. The Morgan fingerprint density at radius 3 is 0.874 bits per heavy atom. The monoisotopic (exact) mass is 1530 g/mol. The lowest BCUT2D eigenvalue weighted by atomic mass is 9.78. The summed E-state index contributed by atoms with van der Waals surface area (Å²) in [5, 5.41) is 28.3. The molecule has 0 aromatic heterocycles. The summed E-state index contributed by atoms with van der Waals surface area (Å²) in [4.78, 5) is 109. The van der Waals surface area contributed by atoms with Crippen molar-refractivity contribution in [2.45, 2.75) is 213 Å². The van der Waals surface area contributed by atoms with Gasteiger partial charge in [-0.25, -0.2) is 17.6 Å².